The van der Waals surface area contributed by atoms with Crippen molar-refractivity contribution in [1.82, 2.24) is 19.9 Å². The molecule has 0 saturated heterocycles. The number of benzene rings is 2. The third kappa shape index (κ3) is 4.75. The summed E-state index contributed by atoms with van der Waals surface area (Å²) in [7, 11) is 0. The van der Waals surface area contributed by atoms with Crippen molar-refractivity contribution in [3.8, 4) is 16.9 Å². The van der Waals surface area contributed by atoms with Crippen LogP contribution in [0.5, 0.6) is 5.75 Å². The van der Waals surface area contributed by atoms with Crippen LogP contribution in [0.4, 0.5) is 4.39 Å². The first-order valence-electron chi connectivity index (χ1n) is 9.70. The topological polar surface area (TPSA) is 117 Å². The molecule has 1 amide bonds. The summed E-state index contributed by atoms with van der Waals surface area (Å²) < 4.78 is 15.1. The van der Waals surface area contributed by atoms with Crippen LogP contribution in [0.25, 0.3) is 16.1 Å². The lowest BCUT2D eigenvalue weighted by Crippen LogP contribution is -2.43. The molecule has 0 unspecified atom stereocenters. The smallest absolute Gasteiger partial charge is 0.326 e. The van der Waals surface area contributed by atoms with Crippen LogP contribution in [-0.2, 0) is 22.4 Å². The van der Waals surface area contributed by atoms with E-state index in [1.54, 1.807) is 35.0 Å². The van der Waals surface area contributed by atoms with Crippen LogP contribution in [0, 0.1) is 12.7 Å². The second-order valence-corrected chi connectivity index (χ2v) is 8.44. The van der Waals surface area contributed by atoms with Gasteiger partial charge in [0.25, 0.3) is 0 Å². The quantitative estimate of drug-likeness (QED) is 0.395. The van der Waals surface area contributed by atoms with Crippen molar-refractivity contribution < 1.29 is 24.2 Å². The van der Waals surface area contributed by atoms with Gasteiger partial charge in [-0.15, -0.1) is 0 Å². The molecule has 0 aliphatic carbocycles. The first-order chi connectivity index (χ1) is 15.3. The Morgan fingerprint density at radius 1 is 1.22 bits per heavy atom. The number of aryl methyl sites for hydroxylation is 1. The fourth-order valence-corrected chi connectivity index (χ4v) is 4.08. The summed E-state index contributed by atoms with van der Waals surface area (Å²) in [6.07, 6.45) is 1.65. The number of aromatic hydroxyl groups is 1. The van der Waals surface area contributed by atoms with E-state index in [9.17, 15) is 24.2 Å². The summed E-state index contributed by atoms with van der Waals surface area (Å²) in [6, 6.07) is 9.22. The first-order valence-corrected chi connectivity index (χ1v) is 10.5. The van der Waals surface area contributed by atoms with Crippen LogP contribution in [0.2, 0.25) is 0 Å². The molecule has 0 radical (unpaired) electrons. The van der Waals surface area contributed by atoms with Gasteiger partial charge in [0.05, 0.1) is 18.3 Å². The number of imidazole rings is 1. The van der Waals surface area contributed by atoms with E-state index in [0.29, 0.717) is 27.3 Å². The molecule has 0 fully saturated rings. The third-order valence-corrected chi connectivity index (χ3v) is 5.67. The molecule has 2 aromatic heterocycles. The summed E-state index contributed by atoms with van der Waals surface area (Å²) in [5.41, 5.74) is 2.10. The maximum absolute atomic E-state index is 13.5. The van der Waals surface area contributed by atoms with E-state index in [-0.39, 0.29) is 18.6 Å². The number of amides is 1. The van der Waals surface area contributed by atoms with E-state index in [1.165, 1.54) is 23.5 Å². The number of carboxylic acids is 1. The number of hydrogen-bond acceptors (Lipinski definition) is 6. The van der Waals surface area contributed by atoms with E-state index in [4.69, 9.17) is 0 Å². The number of aliphatic carboxylic acids is 1. The lowest BCUT2D eigenvalue weighted by atomic mass is 10.00. The number of nitrogens with zero attached hydrogens (tertiary/aromatic N) is 3. The number of phenols is 1. The molecular weight excluding hydrogens is 435 g/mol. The van der Waals surface area contributed by atoms with Gasteiger partial charge < -0.3 is 15.5 Å². The minimum absolute atomic E-state index is 0.0562. The number of carbonyl (C=O) groups excluding carboxylic acids is 1. The lowest BCUT2D eigenvalue weighted by molar-refractivity contribution is -0.141. The first kappa shape index (κ1) is 21.4. The molecule has 0 aliphatic heterocycles. The number of halogens is 1. The Morgan fingerprint density at radius 3 is 2.66 bits per heavy atom. The van der Waals surface area contributed by atoms with Crippen molar-refractivity contribution >= 4 is 28.2 Å². The van der Waals surface area contributed by atoms with Gasteiger partial charge in [-0.25, -0.2) is 18.7 Å². The van der Waals surface area contributed by atoms with Gasteiger partial charge in [0.1, 0.15) is 22.6 Å². The van der Waals surface area contributed by atoms with Crippen LogP contribution in [-0.4, -0.2) is 42.7 Å². The summed E-state index contributed by atoms with van der Waals surface area (Å²) in [6.45, 7) is 1.86. The highest BCUT2D eigenvalue weighted by atomic mass is 32.1. The second kappa shape index (κ2) is 8.75. The number of carboxylic acid groups (broad SMARTS) is 1. The third-order valence-electron chi connectivity index (χ3n) is 4.83. The average Bonchev–Trinajstić information content (AvgIpc) is 3.26. The normalized spacial score (nSPS) is 12.1. The van der Waals surface area contributed by atoms with Crippen molar-refractivity contribution in [3.05, 3.63) is 70.7 Å². The van der Waals surface area contributed by atoms with E-state index in [0.717, 1.165) is 11.1 Å². The molecule has 4 aromatic rings. The number of nitrogens with one attached hydrogen (secondary N) is 1. The molecule has 2 aromatic carbocycles. The van der Waals surface area contributed by atoms with Crippen molar-refractivity contribution in [2.45, 2.75) is 25.8 Å². The van der Waals surface area contributed by atoms with Crippen LogP contribution >= 0.6 is 11.3 Å². The van der Waals surface area contributed by atoms with E-state index < -0.39 is 23.7 Å². The maximum atomic E-state index is 13.5. The molecule has 164 valence electrons. The Labute approximate surface area is 186 Å². The molecule has 0 aliphatic rings. The molecule has 10 heteroatoms. The molecule has 1 atom stereocenters. The number of phenolic OH excluding ortho intramolecular Hbond substituents is 1. The number of rotatable bonds is 7. The number of carbonyl (C=O) groups is 2. The van der Waals surface area contributed by atoms with Crippen LogP contribution < -0.4 is 5.32 Å². The monoisotopic (exact) mass is 454 g/mol. The van der Waals surface area contributed by atoms with Crippen molar-refractivity contribution in [2.24, 2.45) is 0 Å². The Balaban J connectivity index is 1.42. The predicted molar refractivity (Wildman–Crippen MR) is 116 cm³/mol. The second-order valence-electron chi connectivity index (χ2n) is 7.28. The Kier molecular flexibility index (Phi) is 5.87. The average molecular weight is 454 g/mol. The Morgan fingerprint density at radius 2 is 1.97 bits per heavy atom. The number of fused-ring (bicyclic) bond motifs is 1. The fraction of sp³-hybridized carbons (Fsp3) is 0.182. The SMILES string of the molecule is Cc1nn2cc(CC(=O)N[C@H](Cc3ccc(-c4cc(F)ccc4O)cc3)C(=O)O)nc2s1. The molecule has 4 rings (SSSR count). The van der Waals surface area contributed by atoms with Crippen LogP contribution in [0.3, 0.4) is 0 Å². The van der Waals surface area contributed by atoms with Gasteiger partial charge in [0.2, 0.25) is 10.9 Å². The summed E-state index contributed by atoms with van der Waals surface area (Å²) in [5.74, 6) is -2.15. The van der Waals surface area contributed by atoms with Gasteiger partial charge in [-0.1, -0.05) is 35.6 Å². The largest absolute Gasteiger partial charge is 0.507 e. The zero-order chi connectivity index (χ0) is 22.8. The van der Waals surface area contributed by atoms with E-state index in [1.807, 2.05) is 6.92 Å². The summed E-state index contributed by atoms with van der Waals surface area (Å²) in [4.78, 5) is 29.1. The van der Waals surface area contributed by atoms with Gasteiger partial charge in [0, 0.05) is 12.0 Å². The standard InChI is InChI=1S/C22H19FN4O4S/c1-12-26-27-11-16(24-22(27)32-12)10-20(29)25-18(21(30)31)8-13-2-4-14(5-3-13)17-9-15(23)6-7-19(17)28/h2-7,9,11,18,28H,8,10H2,1H3,(H,25,29)(H,30,31)/t18-/m1/s1. The summed E-state index contributed by atoms with van der Waals surface area (Å²) in [5, 5.41) is 27.1. The van der Waals surface area contributed by atoms with Crippen molar-refractivity contribution in [2.75, 3.05) is 0 Å². The Hall–Kier alpha value is -3.79. The number of aromatic nitrogens is 3. The van der Waals surface area contributed by atoms with Crippen LogP contribution in [0.15, 0.2) is 48.7 Å². The lowest BCUT2D eigenvalue weighted by Gasteiger charge is -2.15. The minimum atomic E-state index is -1.16. The van der Waals surface area contributed by atoms with Crippen molar-refractivity contribution in [3.63, 3.8) is 0 Å². The van der Waals surface area contributed by atoms with Crippen molar-refractivity contribution in [1.29, 1.82) is 0 Å². The highest BCUT2D eigenvalue weighted by molar-refractivity contribution is 7.16. The van der Waals surface area contributed by atoms with E-state index in [2.05, 4.69) is 15.4 Å². The van der Waals surface area contributed by atoms with Gasteiger partial charge in [-0.05, 0) is 36.2 Å². The fourth-order valence-electron chi connectivity index (χ4n) is 3.34. The molecule has 0 bridgehead atoms. The van der Waals surface area contributed by atoms with Gasteiger partial charge in [-0.2, -0.15) is 5.10 Å². The summed E-state index contributed by atoms with van der Waals surface area (Å²) >= 11 is 1.40. The molecule has 0 saturated carbocycles. The van der Waals surface area contributed by atoms with E-state index >= 15 is 0 Å². The molecule has 32 heavy (non-hydrogen) atoms. The van der Waals surface area contributed by atoms with Gasteiger partial charge in [-0.3, -0.25) is 4.79 Å². The van der Waals surface area contributed by atoms with Gasteiger partial charge in [0.15, 0.2) is 0 Å². The maximum Gasteiger partial charge on any atom is 0.326 e. The zero-order valence-electron chi connectivity index (χ0n) is 16.9. The minimum Gasteiger partial charge on any atom is -0.507 e. The molecule has 0 spiro atoms. The highest BCUT2D eigenvalue weighted by Crippen LogP contribution is 2.30. The van der Waals surface area contributed by atoms with Gasteiger partial charge >= 0.3 is 5.97 Å². The molecule has 2 heterocycles. The molecular formula is C22H19FN4O4S. The predicted octanol–water partition coefficient (Wildman–Crippen LogP) is 2.97. The highest BCUT2D eigenvalue weighted by Gasteiger charge is 2.21. The van der Waals surface area contributed by atoms with Crippen LogP contribution in [0.1, 0.15) is 16.3 Å². The molecule has 3 N–H and O–H groups in total. The zero-order valence-corrected chi connectivity index (χ0v) is 17.8. The molecule has 8 nitrogen and oxygen atoms in total. The number of hydrogen-bond donors (Lipinski definition) is 3. The Bertz CT molecular complexity index is 1270.